The quantitative estimate of drug-likeness (QED) is 0.664. The van der Waals surface area contributed by atoms with Gasteiger partial charge in [0, 0.05) is 30.8 Å². The van der Waals surface area contributed by atoms with E-state index in [9.17, 15) is 9.59 Å². The topological polar surface area (TPSA) is 95.9 Å². The second-order valence-electron chi connectivity index (χ2n) is 7.57. The maximum absolute atomic E-state index is 12.6. The summed E-state index contributed by atoms with van der Waals surface area (Å²) in [6.45, 7) is 4.76. The molecule has 8 nitrogen and oxygen atoms in total. The molecule has 0 saturated carbocycles. The largest absolute Gasteiger partial charge is 0.350 e. The Morgan fingerprint density at radius 3 is 3.03 bits per heavy atom. The Hall–Kier alpha value is -3.00. The van der Waals surface area contributed by atoms with Gasteiger partial charge < -0.3 is 10.3 Å². The number of benzene rings is 1. The van der Waals surface area contributed by atoms with Crippen LogP contribution in [0.4, 0.5) is 0 Å². The number of likely N-dealkylation sites (tertiary alicyclic amines) is 1. The van der Waals surface area contributed by atoms with Crippen molar-refractivity contribution in [3.05, 3.63) is 58.3 Å². The van der Waals surface area contributed by atoms with Crippen LogP contribution in [0, 0.1) is 6.92 Å². The standard InChI is InChI=1S/C21H26N6O2/c1-15-5-8-20(28)27(25-15)11-10-26-9-3-2-4-17(26)13-22-21(29)16-6-7-18-19(12-16)24-14-23-18/h5-8,12,14,17H,2-4,9-11,13H2,1H3,(H,22,29)(H,23,24). The number of aryl methyl sites for hydroxylation is 1. The summed E-state index contributed by atoms with van der Waals surface area (Å²) >= 11 is 0. The minimum Gasteiger partial charge on any atom is -0.350 e. The number of H-pyrrole nitrogens is 1. The lowest BCUT2D eigenvalue weighted by molar-refractivity contribution is 0.0909. The number of piperidine rings is 1. The summed E-state index contributed by atoms with van der Waals surface area (Å²) in [5.74, 6) is -0.0800. The molecule has 0 spiro atoms. The summed E-state index contributed by atoms with van der Waals surface area (Å²) in [5, 5.41) is 7.39. The SMILES string of the molecule is Cc1ccc(=O)n(CCN2CCCCC2CNC(=O)c2ccc3nc[nH]c3c2)n1. The summed E-state index contributed by atoms with van der Waals surface area (Å²) in [6, 6.07) is 9.04. The van der Waals surface area contributed by atoms with E-state index in [-0.39, 0.29) is 17.5 Å². The molecule has 4 rings (SSSR count). The number of aromatic amines is 1. The first-order valence-corrected chi connectivity index (χ1v) is 10.1. The van der Waals surface area contributed by atoms with Gasteiger partial charge in [0.2, 0.25) is 0 Å². The molecule has 2 aromatic heterocycles. The van der Waals surface area contributed by atoms with Crippen LogP contribution >= 0.6 is 0 Å². The second-order valence-corrected chi connectivity index (χ2v) is 7.57. The highest BCUT2D eigenvalue weighted by Crippen LogP contribution is 2.17. The van der Waals surface area contributed by atoms with Crippen molar-refractivity contribution in [3.8, 4) is 0 Å². The van der Waals surface area contributed by atoms with Crippen LogP contribution in [-0.4, -0.2) is 56.2 Å². The van der Waals surface area contributed by atoms with Gasteiger partial charge in [-0.15, -0.1) is 0 Å². The second kappa shape index (κ2) is 8.57. The molecule has 1 aliphatic rings. The number of fused-ring (bicyclic) bond motifs is 1. The van der Waals surface area contributed by atoms with E-state index in [1.54, 1.807) is 24.5 Å². The summed E-state index contributed by atoms with van der Waals surface area (Å²) in [4.78, 5) is 34.2. The van der Waals surface area contributed by atoms with Crippen molar-refractivity contribution in [3.63, 3.8) is 0 Å². The Morgan fingerprint density at radius 1 is 1.24 bits per heavy atom. The predicted octanol–water partition coefficient (Wildman–Crippen LogP) is 1.71. The molecule has 1 aromatic carbocycles. The maximum atomic E-state index is 12.6. The monoisotopic (exact) mass is 394 g/mol. The molecule has 1 fully saturated rings. The number of hydrogen-bond donors (Lipinski definition) is 2. The van der Waals surface area contributed by atoms with Crippen molar-refractivity contribution in [2.45, 2.75) is 38.8 Å². The summed E-state index contributed by atoms with van der Waals surface area (Å²) < 4.78 is 1.53. The predicted molar refractivity (Wildman–Crippen MR) is 111 cm³/mol. The van der Waals surface area contributed by atoms with E-state index in [4.69, 9.17) is 0 Å². The lowest BCUT2D eigenvalue weighted by atomic mass is 10.0. The average molecular weight is 394 g/mol. The van der Waals surface area contributed by atoms with Gasteiger partial charge in [0.15, 0.2) is 0 Å². The zero-order valence-corrected chi connectivity index (χ0v) is 16.6. The van der Waals surface area contributed by atoms with Crippen LogP contribution in [-0.2, 0) is 6.54 Å². The minimum atomic E-state index is -0.0800. The molecule has 3 heterocycles. The highest BCUT2D eigenvalue weighted by atomic mass is 16.1. The van der Waals surface area contributed by atoms with Crippen molar-refractivity contribution in [2.24, 2.45) is 0 Å². The summed E-state index contributed by atoms with van der Waals surface area (Å²) in [5.41, 5.74) is 3.08. The van der Waals surface area contributed by atoms with Crippen molar-refractivity contribution in [1.29, 1.82) is 0 Å². The third kappa shape index (κ3) is 4.54. The Morgan fingerprint density at radius 2 is 2.14 bits per heavy atom. The molecule has 0 aliphatic carbocycles. The molecule has 152 valence electrons. The van der Waals surface area contributed by atoms with Gasteiger partial charge in [-0.05, 0) is 50.6 Å². The number of aromatic nitrogens is 4. The van der Waals surface area contributed by atoms with Crippen LogP contribution in [0.5, 0.6) is 0 Å². The molecule has 8 heteroatoms. The average Bonchev–Trinajstić information content (AvgIpc) is 3.21. The third-order valence-electron chi connectivity index (χ3n) is 5.53. The van der Waals surface area contributed by atoms with E-state index >= 15 is 0 Å². The van der Waals surface area contributed by atoms with Gasteiger partial charge in [-0.2, -0.15) is 5.10 Å². The zero-order chi connectivity index (χ0) is 20.2. The first-order valence-electron chi connectivity index (χ1n) is 10.1. The van der Waals surface area contributed by atoms with Crippen LogP contribution < -0.4 is 10.9 Å². The molecule has 0 radical (unpaired) electrons. The van der Waals surface area contributed by atoms with Gasteiger partial charge in [0.1, 0.15) is 0 Å². The molecule has 1 atom stereocenters. The summed E-state index contributed by atoms with van der Waals surface area (Å²) in [7, 11) is 0. The normalized spacial score (nSPS) is 17.5. The van der Waals surface area contributed by atoms with Crippen molar-refractivity contribution in [1.82, 2.24) is 30.0 Å². The molecule has 1 saturated heterocycles. The number of carbonyl (C=O) groups is 1. The molecule has 29 heavy (non-hydrogen) atoms. The fraction of sp³-hybridized carbons (Fsp3) is 0.429. The van der Waals surface area contributed by atoms with Crippen molar-refractivity contribution in [2.75, 3.05) is 19.6 Å². The molecule has 0 bridgehead atoms. The van der Waals surface area contributed by atoms with Crippen molar-refractivity contribution < 1.29 is 4.79 Å². The fourth-order valence-electron chi connectivity index (χ4n) is 3.91. The molecule has 1 aliphatic heterocycles. The van der Waals surface area contributed by atoms with Gasteiger partial charge >= 0.3 is 0 Å². The number of nitrogens with zero attached hydrogens (tertiary/aromatic N) is 4. The van der Waals surface area contributed by atoms with E-state index in [2.05, 4.69) is 25.3 Å². The number of carbonyl (C=O) groups excluding carboxylic acids is 1. The summed E-state index contributed by atoms with van der Waals surface area (Å²) in [6.07, 6.45) is 4.95. The number of amides is 1. The lowest BCUT2D eigenvalue weighted by Gasteiger charge is -2.35. The van der Waals surface area contributed by atoms with E-state index in [0.717, 1.165) is 49.1 Å². The smallest absolute Gasteiger partial charge is 0.266 e. The number of nitrogens with one attached hydrogen (secondary N) is 2. The molecule has 1 amide bonds. The maximum Gasteiger partial charge on any atom is 0.266 e. The Balaban J connectivity index is 1.36. The molecular weight excluding hydrogens is 368 g/mol. The Kier molecular flexibility index (Phi) is 5.71. The van der Waals surface area contributed by atoms with E-state index in [0.29, 0.717) is 18.7 Å². The molecule has 3 aromatic rings. The minimum absolute atomic E-state index is 0.0772. The van der Waals surface area contributed by atoms with Gasteiger partial charge in [-0.25, -0.2) is 9.67 Å². The van der Waals surface area contributed by atoms with Crippen LogP contribution in [0.2, 0.25) is 0 Å². The molecular formula is C21H26N6O2. The zero-order valence-electron chi connectivity index (χ0n) is 16.6. The first-order chi connectivity index (χ1) is 14.1. The van der Waals surface area contributed by atoms with Gasteiger partial charge in [-0.1, -0.05) is 6.42 Å². The highest BCUT2D eigenvalue weighted by molar-refractivity contribution is 5.97. The van der Waals surface area contributed by atoms with E-state index in [1.165, 1.54) is 4.68 Å². The van der Waals surface area contributed by atoms with Gasteiger partial charge in [0.25, 0.3) is 11.5 Å². The Bertz CT molecular complexity index is 1060. The van der Waals surface area contributed by atoms with Crippen molar-refractivity contribution >= 4 is 16.9 Å². The Labute approximate surface area is 168 Å². The lowest BCUT2D eigenvalue weighted by Crippen LogP contribution is -2.48. The number of rotatable bonds is 6. The van der Waals surface area contributed by atoms with E-state index < -0.39 is 0 Å². The molecule has 1 unspecified atom stereocenters. The van der Waals surface area contributed by atoms with Crippen LogP contribution in [0.15, 0.2) is 41.5 Å². The van der Waals surface area contributed by atoms with Crippen LogP contribution in [0.3, 0.4) is 0 Å². The van der Waals surface area contributed by atoms with Gasteiger partial charge in [0.05, 0.1) is 29.6 Å². The van der Waals surface area contributed by atoms with Crippen LogP contribution in [0.25, 0.3) is 11.0 Å². The number of hydrogen-bond acceptors (Lipinski definition) is 5. The highest BCUT2D eigenvalue weighted by Gasteiger charge is 2.23. The first kappa shape index (κ1) is 19.3. The van der Waals surface area contributed by atoms with Crippen LogP contribution in [0.1, 0.15) is 35.3 Å². The van der Waals surface area contributed by atoms with Gasteiger partial charge in [-0.3, -0.25) is 14.5 Å². The molecule has 2 N–H and O–H groups in total. The number of imidazole rings is 1. The third-order valence-corrected chi connectivity index (χ3v) is 5.53. The fourth-order valence-corrected chi connectivity index (χ4v) is 3.91. The van der Waals surface area contributed by atoms with E-state index in [1.807, 2.05) is 19.1 Å².